The maximum absolute atomic E-state index is 12.2. The van der Waals surface area contributed by atoms with Crippen molar-refractivity contribution < 1.29 is 4.79 Å². The van der Waals surface area contributed by atoms with Crippen LogP contribution in [0.1, 0.15) is 44.6 Å². The van der Waals surface area contributed by atoms with Crippen molar-refractivity contribution in [2.24, 2.45) is 5.92 Å². The minimum atomic E-state index is 0.172. The molecular formula is C20H31N3O. The fraction of sp³-hybridized carbons (Fsp3) is 0.650. The molecule has 132 valence electrons. The Morgan fingerprint density at radius 2 is 1.88 bits per heavy atom. The van der Waals surface area contributed by atoms with Crippen molar-refractivity contribution in [2.45, 2.75) is 46.0 Å². The van der Waals surface area contributed by atoms with Gasteiger partial charge in [0.1, 0.15) is 0 Å². The van der Waals surface area contributed by atoms with Crippen LogP contribution >= 0.6 is 0 Å². The summed E-state index contributed by atoms with van der Waals surface area (Å²) in [5, 5.41) is 3.09. The molecule has 0 aromatic heterocycles. The Morgan fingerprint density at radius 1 is 1.17 bits per heavy atom. The number of nitrogens with one attached hydrogen (secondary N) is 1. The van der Waals surface area contributed by atoms with Crippen LogP contribution in [0, 0.1) is 12.8 Å². The van der Waals surface area contributed by atoms with E-state index >= 15 is 0 Å². The van der Waals surface area contributed by atoms with Gasteiger partial charge in [0.05, 0.1) is 0 Å². The predicted octanol–water partition coefficient (Wildman–Crippen LogP) is 3.66. The topological polar surface area (TPSA) is 35.6 Å². The fourth-order valence-corrected chi connectivity index (χ4v) is 4.08. The Morgan fingerprint density at radius 3 is 2.50 bits per heavy atom. The molecule has 1 aromatic rings. The van der Waals surface area contributed by atoms with Gasteiger partial charge in [-0.3, -0.25) is 4.79 Å². The van der Waals surface area contributed by atoms with Crippen LogP contribution in [0.3, 0.4) is 0 Å². The van der Waals surface area contributed by atoms with Crippen LogP contribution in [0.5, 0.6) is 0 Å². The van der Waals surface area contributed by atoms with Gasteiger partial charge >= 0.3 is 0 Å². The molecule has 1 saturated carbocycles. The summed E-state index contributed by atoms with van der Waals surface area (Å²) in [4.78, 5) is 17.2. The minimum Gasteiger partial charge on any atom is -0.369 e. The van der Waals surface area contributed by atoms with Crippen molar-refractivity contribution in [3.8, 4) is 0 Å². The number of nitrogens with zero attached hydrogens (tertiary/aromatic N) is 2. The van der Waals surface area contributed by atoms with Gasteiger partial charge in [-0.2, -0.15) is 0 Å². The molecule has 1 heterocycles. The first-order chi connectivity index (χ1) is 11.7. The number of anilines is 2. The summed E-state index contributed by atoms with van der Waals surface area (Å²) in [5.74, 6) is 0.769. The fourth-order valence-electron chi connectivity index (χ4n) is 4.08. The quantitative estimate of drug-likeness (QED) is 0.895. The third-order valence-corrected chi connectivity index (χ3v) is 5.59. The first-order valence-corrected chi connectivity index (χ1v) is 9.53. The number of aryl methyl sites for hydroxylation is 1. The molecule has 0 unspecified atom stereocenters. The molecule has 24 heavy (non-hydrogen) atoms. The molecule has 0 bridgehead atoms. The predicted molar refractivity (Wildman–Crippen MR) is 101 cm³/mol. The van der Waals surface area contributed by atoms with E-state index in [0.717, 1.165) is 38.4 Å². The first kappa shape index (κ1) is 17.3. The van der Waals surface area contributed by atoms with Gasteiger partial charge in [0.2, 0.25) is 5.91 Å². The summed E-state index contributed by atoms with van der Waals surface area (Å²) in [6, 6.07) is 6.34. The first-order valence-electron chi connectivity index (χ1n) is 9.53. The number of hydrogen-bond acceptors (Lipinski definition) is 3. The van der Waals surface area contributed by atoms with Crippen LogP contribution in [-0.2, 0) is 4.79 Å². The number of likely N-dealkylation sites (N-methyl/N-ethyl adjacent to an activating group) is 1. The van der Waals surface area contributed by atoms with E-state index in [4.69, 9.17) is 0 Å². The largest absolute Gasteiger partial charge is 0.369 e. The average Bonchev–Trinajstić information content (AvgIpc) is 3.08. The summed E-state index contributed by atoms with van der Waals surface area (Å²) in [5.41, 5.74) is 3.49. The molecule has 1 amide bonds. The van der Waals surface area contributed by atoms with Gasteiger partial charge in [0.15, 0.2) is 0 Å². The molecule has 1 aliphatic carbocycles. The summed E-state index contributed by atoms with van der Waals surface area (Å²) in [6.07, 6.45) is 5.69. The van der Waals surface area contributed by atoms with Gasteiger partial charge in [0, 0.05) is 44.0 Å². The number of amides is 1. The smallest absolute Gasteiger partial charge is 0.224 e. The Labute approximate surface area is 146 Å². The third-order valence-electron chi connectivity index (χ3n) is 5.59. The van der Waals surface area contributed by atoms with Crippen molar-refractivity contribution in [2.75, 3.05) is 42.9 Å². The number of carbonyl (C=O) groups is 1. The lowest BCUT2D eigenvalue weighted by Crippen LogP contribution is -2.46. The lowest BCUT2D eigenvalue weighted by atomic mass is 10.0. The van der Waals surface area contributed by atoms with Crippen molar-refractivity contribution in [3.63, 3.8) is 0 Å². The monoisotopic (exact) mass is 329 g/mol. The van der Waals surface area contributed by atoms with Gasteiger partial charge in [-0.15, -0.1) is 0 Å². The summed E-state index contributed by atoms with van der Waals surface area (Å²) in [7, 11) is 0. The van der Waals surface area contributed by atoms with E-state index in [1.807, 2.05) is 0 Å². The van der Waals surface area contributed by atoms with Gasteiger partial charge < -0.3 is 15.1 Å². The SMILES string of the molecule is CCN1CCN(c2ccc(NC(=O)CC3CCCC3)cc2C)CC1. The van der Waals surface area contributed by atoms with Crippen LogP contribution in [0.2, 0.25) is 0 Å². The van der Waals surface area contributed by atoms with Gasteiger partial charge in [-0.1, -0.05) is 19.8 Å². The molecule has 0 radical (unpaired) electrons. The van der Waals surface area contributed by atoms with Crippen LogP contribution in [0.25, 0.3) is 0 Å². The zero-order chi connectivity index (χ0) is 16.9. The van der Waals surface area contributed by atoms with E-state index in [-0.39, 0.29) is 5.91 Å². The normalized spacial score (nSPS) is 19.7. The molecule has 1 aliphatic heterocycles. The Bertz CT molecular complexity index is 558. The number of piperazine rings is 1. The number of rotatable bonds is 5. The summed E-state index contributed by atoms with van der Waals surface area (Å²) in [6.45, 7) is 9.95. The highest BCUT2D eigenvalue weighted by molar-refractivity contribution is 5.91. The van der Waals surface area contributed by atoms with Crippen LogP contribution in [0.4, 0.5) is 11.4 Å². The average molecular weight is 329 g/mol. The maximum atomic E-state index is 12.2. The van der Waals surface area contributed by atoms with Gasteiger partial charge in [-0.25, -0.2) is 0 Å². The van der Waals surface area contributed by atoms with E-state index in [2.05, 4.69) is 47.2 Å². The molecule has 2 aliphatic rings. The molecule has 0 spiro atoms. The second-order valence-corrected chi connectivity index (χ2v) is 7.33. The molecular weight excluding hydrogens is 298 g/mol. The molecule has 3 rings (SSSR count). The van der Waals surface area contributed by atoms with Crippen molar-refractivity contribution in [1.29, 1.82) is 0 Å². The lowest BCUT2D eigenvalue weighted by Gasteiger charge is -2.36. The molecule has 1 N–H and O–H groups in total. The van der Waals surface area contributed by atoms with E-state index < -0.39 is 0 Å². The van der Waals surface area contributed by atoms with E-state index in [1.54, 1.807) is 0 Å². The second-order valence-electron chi connectivity index (χ2n) is 7.33. The Hall–Kier alpha value is -1.55. The molecule has 4 nitrogen and oxygen atoms in total. The van der Waals surface area contributed by atoms with E-state index in [1.165, 1.54) is 36.9 Å². The summed E-state index contributed by atoms with van der Waals surface area (Å²) >= 11 is 0. The van der Waals surface area contributed by atoms with Crippen LogP contribution in [-0.4, -0.2) is 43.5 Å². The van der Waals surface area contributed by atoms with E-state index in [0.29, 0.717) is 12.3 Å². The molecule has 1 aromatic carbocycles. The second kappa shape index (κ2) is 8.02. The van der Waals surface area contributed by atoms with Crippen molar-refractivity contribution in [3.05, 3.63) is 23.8 Å². The highest BCUT2D eigenvalue weighted by atomic mass is 16.1. The molecule has 2 fully saturated rings. The molecule has 1 saturated heterocycles. The molecule has 4 heteroatoms. The van der Waals surface area contributed by atoms with Gasteiger partial charge in [0.25, 0.3) is 0 Å². The van der Waals surface area contributed by atoms with Crippen LogP contribution < -0.4 is 10.2 Å². The number of hydrogen-bond donors (Lipinski definition) is 1. The van der Waals surface area contributed by atoms with Crippen molar-refractivity contribution in [1.82, 2.24) is 4.90 Å². The number of carbonyl (C=O) groups excluding carboxylic acids is 1. The standard InChI is InChI=1S/C20H31N3O/c1-3-22-10-12-23(13-11-22)19-9-8-18(14-16(19)2)21-20(24)15-17-6-4-5-7-17/h8-9,14,17H,3-7,10-13,15H2,1-2H3,(H,21,24). The van der Waals surface area contributed by atoms with Gasteiger partial charge in [-0.05, 0) is 56.0 Å². The number of benzene rings is 1. The summed E-state index contributed by atoms with van der Waals surface area (Å²) < 4.78 is 0. The Kier molecular flexibility index (Phi) is 5.77. The lowest BCUT2D eigenvalue weighted by molar-refractivity contribution is -0.117. The van der Waals surface area contributed by atoms with Crippen molar-refractivity contribution >= 4 is 17.3 Å². The minimum absolute atomic E-state index is 0.172. The zero-order valence-corrected chi connectivity index (χ0v) is 15.2. The highest BCUT2D eigenvalue weighted by Crippen LogP contribution is 2.28. The zero-order valence-electron chi connectivity index (χ0n) is 15.2. The maximum Gasteiger partial charge on any atom is 0.224 e. The van der Waals surface area contributed by atoms with Crippen LogP contribution in [0.15, 0.2) is 18.2 Å². The highest BCUT2D eigenvalue weighted by Gasteiger charge is 2.19. The molecule has 0 atom stereocenters. The third kappa shape index (κ3) is 4.29. The van der Waals surface area contributed by atoms with E-state index in [9.17, 15) is 4.79 Å². The Balaban J connectivity index is 1.57.